The van der Waals surface area contributed by atoms with Crippen LogP contribution in [0.4, 0.5) is 0 Å². The maximum Gasteiger partial charge on any atom is 0.0765 e. The zero-order valence-corrected chi connectivity index (χ0v) is 13.6. The molecule has 0 amide bonds. The maximum absolute atomic E-state index is 4.79. The highest BCUT2D eigenvalue weighted by molar-refractivity contribution is 5.02. The fourth-order valence-corrected chi connectivity index (χ4v) is 3.81. The molecule has 0 spiro atoms. The number of piperidine rings is 1. The second-order valence-electron chi connectivity index (χ2n) is 6.78. The second kappa shape index (κ2) is 6.93. The van der Waals surface area contributed by atoms with Crippen molar-refractivity contribution < 1.29 is 0 Å². The smallest absolute Gasteiger partial charge is 0.0765 e. The first-order valence-corrected chi connectivity index (χ1v) is 8.79. The van der Waals surface area contributed by atoms with Gasteiger partial charge in [0.05, 0.1) is 5.69 Å². The van der Waals surface area contributed by atoms with E-state index in [1.807, 2.05) is 0 Å². The fourth-order valence-electron chi connectivity index (χ4n) is 3.81. The lowest BCUT2D eigenvalue weighted by Crippen LogP contribution is -2.49. The second-order valence-corrected chi connectivity index (χ2v) is 6.78. The molecule has 2 aliphatic heterocycles. The summed E-state index contributed by atoms with van der Waals surface area (Å²) in [7, 11) is 0. The van der Waals surface area contributed by atoms with Crippen LogP contribution in [0.1, 0.15) is 64.1 Å². The van der Waals surface area contributed by atoms with E-state index in [-0.39, 0.29) is 0 Å². The van der Waals surface area contributed by atoms with Crippen molar-refractivity contribution >= 4 is 0 Å². The zero-order valence-electron chi connectivity index (χ0n) is 13.6. The van der Waals surface area contributed by atoms with Gasteiger partial charge < -0.3 is 5.32 Å². The van der Waals surface area contributed by atoms with Crippen molar-refractivity contribution in [1.29, 1.82) is 0 Å². The Hall–Kier alpha value is -0.870. The molecule has 4 heteroatoms. The van der Waals surface area contributed by atoms with E-state index in [0.29, 0.717) is 12.1 Å². The van der Waals surface area contributed by atoms with E-state index in [9.17, 15) is 0 Å². The van der Waals surface area contributed by atoms with Gasteiger partial charge in [-0.3, -0.25) is 9.58 Å². The lowest BCUT2D eigenvalue weighted by Gasteiger charge is -2.39. The zero-order chi connectivity index (χ0) is 14.7. The van der Waals surface area contributed by atoms with Gasteiger partial charge >= 0.3 is 0 Å². The van der Waals surface area contributed by atoms with Crippen molar-refractivity contribution in [2.75, 3.05) is 13.1 Å². The molecule has 3 rings (SSSR count). The number of aromatic nitrogens is 2. The van der Waals surface area contributed by atoms with Crippen molar-refractivity contribution in [2.45, 2.75) is 77.0 Å². The third kappa shape index (κ3) is 3.49. The molecule has 3 atom stereocenters. The summed E-state index contributed by atoms with van der Waals surface area (Å²) in [6.45, 7) is 7.92. The third-order valence-corrected chi connectivity index (χ3v) is 5.30. The lowest BCUT2D eigenvalue weighted by molar-refractivity contribution is 0.110. The molecular formula is C17H30N4. The predicted molar refractivity (Wildman–Crippen MR) is 86.3 cm³/mol. The van der Waals surface area contributed by atoms with E-state index in [0.717, 1.165) is 19.0 Å². The van der Waals surface area contributed by atoms with E-state index >= 15 is 0 Å². The molecule has 2 aliphatic rings. The van der Waals surface area contributed by atoms with Crippen LogP contribution in [0.5, 0.6) is 0 Å². The van der Waals surface area contributed by atoms with Gasteiger partial charge in [0.2, 0.25) is 0 Å². The van der Waals surface area contributed by atoms with Gasteiger partial charge in [-0.25, -0.2) is 0 Å². The van der Waals surface area contributed by atoms with E-state index in [2.05, 4.69) is 41.0 Å². The minimum absolute atomic E-state index is 0.507. The molecule has 0 radical (unpaired) electrons. The van der Waals surface area contributed by atoms with Gasteiger partial charge in [-0.05, 0) is 58.2 Å². The first-order valence-electron chi connectivity index (χ1n) is 8.79. The molecule has 4 nitrogen and oxygen atoms in total. The number of nitrogens with one attached hydrogen (secondary N) is 1. The molecule has 2 saturated heterocycles. The monoisotopic (exact) mass is 290 g/mol. The van der Waals surface area contributed by atoms with Crippen LogP contribution >= 0.6 is 0 Å². The van der Waals surface area contributed by atoms with E-state index in [1.54, 1.807) is 0 Å². The predicted octanol–water partition coefficient (Wildman–Crippen LogP) is 2.96. The molecule has 0 aliphatic carbocycles. The molecular weight excluding hydrogens is 260 g/mol. The molecule has 1 aromatic rings. The molecule has 1 aromatic heterocycles. The molecule has 1 N–H and O–H groups in total. The van der Waals surface area contributed by atoms with Crippen molar-refractivity contribution in [1.82, 2.24) is 20.0 Å². The van der Waals surface area contributed by atoms with Gasteiger partial charge in [-0.1, -0.05) is 13.3 Å². The Morgan fingerprint density at radius 2 is 2.24 bits per heavy atom. The van der Waals surface area contributed by atoms with Crippen molar-refractivity contribution in [3.63, 3.8) is 0 Å². The van der Waals surface area contributed by atoms with Crippen LogP contribution in [-0.4, -0.2) is 39.9 Å². The summed E-state index contributed by atoms with van der Waals surface area (Å²) in [4.78, 5) is 2.68. The first-order chi connectivity index (χ1) is 10.3. The van der Waals surface area contributed by atoms with Crippen LogP contribution in [0.3, 0.4) is 0 Å². The van der Waals surface area contributed by atoms with Crippen LogP contribution in [-0.2, 0) is 6.54 Å². The summed E-state index contributed by atoms with van der Waals surface area (Å²) in [6, 6.07) is 4.14. The Balaban J connectivity index is 1.65. The quantitative estimate of drug-likeness (QED) is 0.905. The van der Waals surface area contributed by atoms with E-state index in [1.165, 1.54) is 50.9 Å². The summed E-state index contributed by atoms with van der Waals surface area (Å²) in [5.41, 5.74) is 1.24. The minimum Gasteiger partial charge on any atom is -0.312 e. The fraction of sp³-hybridized carbons (Fsp3) is 0.824. The van der Waals surface area contributed by atoms with Crippen LogP contribution in [0, 0.1) is 0 Å². The number of rotatable bonds is 5. The highest BCUT2D eigenvalue weighted by atomic mass is 15.3. The maximum atomic E-state index is 4.79. The number of hydrogen-bond acceptors (Lipinski definition) is 3. The summed E-state index contributed by atoms with van der Waals surface area (Å²) >= 11 is 0. The molecule has 3 unspecified atom stereocenters. The normalized spacial score (nSPS) is 28.9. The number of likely N-dealkylation sites (tertiary alicyclic amines) is 1. The third-order valence-electron chi connectivity index (χ3n) is 5.30. The van der Waals surface area contributed by atoms with Gasteiger partial charge in [0.15, 0.2) is 0 Å². The van der Waals surface area contributed by atoms with Gasteiger partial charge in [0.25, 0.3) is 0 Å². The standard InChI is InChI=1S/C17H30N4/c1-3-14(2)21-12-9-15(19-21)13-20-11-5-4-8-17(20)16-7-6-10-18-16/h9,12,14,16-18H,3-8,10-11,13H2,1-2H3. The van der Waals surface area contributed by atoms with Gasteiger partial charge in [-0.2, -0.15) is 5.10 Å². The lowest BCUT2D eigenvalue weighted by atomic mass is 9.94. The van der Waals surface area contributed by atoms with Crippen molar-refractivity contribution in [3.8, 4) is 0 Å². The number of hydrogen-bond donors (Lipinski definition) is 1. The Morgan fingerprint density at radius 1 is 1.33 bits per heavy atom. The molecule has 0 saturated carbocycles. The molecule has 3 heterocycles. The van der Waals surface area contributed by atoms with Crippen LogP contribution in [0.15, 0.2) is 12.3 Å². The summed E-state index contributed by atoms with van der Waals surface area (Å²) in [5, 5.41) is 8.50. The van der Waals surface area contributed by atoms with Crippen molar-refractivity contribution in [2.24, 2.45) is 0 Å². The number of nitrogens with zero attached hydrogens (tertiary/aromatic N) is 3. The van der Waals surface area contributed by atoms with Crippen molar-refractivity contribution in [3.05, 3.63) is 18.0 Å². The van der Waals surface area contributed by atoms with Gasteiger partial charge in [-0.15, -0.1) is 0 Å². The van der Waals surface area contributed by atoms with Gasteiger partial charge in [0.1, 0.15) is 0 Å². The van der Waals surface area contributed by atoms with Crippen LogP contribution in [0.25, 0.3) is 0 Å². The Labute approximate surface area is 128 Å². The molecule has 118 valence electrons. The van der Waals surface area contributed by atoms with Crippen LogP contribution in [0.2, 0.25) is 0 Å². The Bertz CT molecular complexity index is 436. The van der Waals surface area contributed by atoms with Gasteiger partial charge in [0, 0.05) is 30.9 Å². The average molecular weight is 290 g/mol. The largest absolute Gasteiger partial charge is 0.312 e. The topological polar surface area (TPSA) is 33.1 Å². The summed E-state index contributed by atoms with van der Waals surface area (Å²) in [6.07, 6.45) is 10.1. The minimum atomic E-state index is 0.507. The Kier molecular flexibility index (Phi) is 4.96. The summed E-state index contributed by atoms with van der Waals surface area (Å²) < 4.78 is 2.13. The molecule has 0 bridgehead atoms. The average Bonchev–Trinajstić information content (AvgIpc) is 3.18. The highest BCUT2D eigenvalue weighted by Gasteiger charge is 2.31. The van der Waals surface area contributed by atoms with Crippen LogP contribution < -0.4 is 5.32 Å². The summed E-state index contributed by atoms with van der Waals surface area (Å²) in [5.74, 6) is 0. The molecule has 21 heavy (non-hydrogen) atoms. The molecule has 0 aromatic carbocycles. The molecule has 2 fully saturated rings. The first kappa shape index (κ1) is 15.0. The van der Waals surface area contributed by atoms with E-state index < -0.39 is 0 Å². The Morgan fingerprint density at radius 3 is 3.00 bits per heavy atom. The highest BCUT2D eigenvalue weighted by Crippen LogP contribution is 2.25. The van der Waals surface area contributed by atoms with E-state index in [4.69, 9.17) is 5.10 Å². The SMILES string of the molecule is CCC(C)n1ccc(CN2CCCCC2C2CCCN2)n1.